The van der Waals surface area contributed by atoms with E-state index in [-0.39, 0.29) is 43.7 Å². The van der Waals surface area contributed by atoms with E-state index in [1.807, 2.05) is 83.1 Å². The average Bonchev–Trinajstić information content (AvgIpc) is 3.39. The van der Waals surface area contributed by atoms with Gasteiger partial charge < -0.3 is 27.9 Å². The largest absolute Gasteiger partial charge is 0.498 e. The lowest BCUT2D eigenvalue weighted by Gasteiger charge is -2.32. The fourth-order valence-corrected chi connectivity index (χ4v) is 4.76. The Morgan fingerprint density at radius 3 is 1.21 bits per heavy atom. The Balaban J connectivity index is 0.000000203. The van der Waals surface area contributed by atoms with E-state index in [1.54, 1.807) is 0 Å². The minimum atomic E-state index is -0.940. The number of benzene rings is 2. The molecule has 18 heteroatoms. The maximum Gasteiger partial charge on any atom is 0.498 e. The summed E-state index contributed by atoms with van der Waals surface area (Å²) in [5.74, 6) is -1.08. The highest BCUT2D eigenvalue weighted by Gasteiger charge is 2.63. The van der Waals surface area contributed by atoms with E-state index in [0.717, 1.165) is 36.4 Å². The molecular formula is C30H42B3BrF2N2O10. The summed E-state index contributed by atoms with van der Waals surface area (Å²) in [6.07, 6.45) is 0. The number of nitrogens with zero attached hydrogens (tertiary/aromatic N) is 2. The molecule has 3 aliphatic heterocycles. The lowest BCUT2D eigenvalue weighted by Crippen LogP contribution is -2.41. The van der Waals surface area contributed by atoms with E-state index >= 15 is 0 Å². The van der Waals surface area contributed by atoms with Crippen molar-refractivity contribution in [3.8, 4) is 0 Å². The normalized spacial score (nSPS) is 22.4. The standard InChI is InChI=1S/C12H24B2O4.C12H15BFNO4.C6H3BrFNO2/c1-9(2)10(3,4)16-13(15-9)14-17-11(5,6)12(7,8)18-14;1-11(2)12(3,4)19-13(18-11)9-7-8(15(16)17)5-6-10(9)14;7-5-3-4(9(10)11)1-2-6(5)8/h1-8H3;5-7H,1-4H3;1-3H. The van der Waals surface area contributed by atoms with Gasteiger partial charge in [-0.2, -0.15) is 0 Å². The van der Waals surface area contributed by atoms with Crippen LogP contribution < -0.4 is 5.46 Å². The molecule has 0 aromatic heterocycles. The van der Waals surface area contributed by atoms with Gasteiger partial charge in [0, 0.05) is 29.7 Å². The van der Waals surface area contributed by atoms with Gasteiger partial charge in [-0.05, 0) is 111 Å². The molecule has 48 heavy (non-hydrogen) atoms. The first kappa shape index (κ1) is 40.0. The van der Waals surface area contributed by atoms with Crippen molar-refractivity contribution in [1.29, 1.82) is 0 Å². The Bertz CT molecular complexity index is 1460. The fourth-order valence-electron chi connectivity index (χ4n) is 4.39. The van der Waals surface area contributed by atoms with Crippen molar-refractivity contribution in [3.05, 3.63) is 72.7 Å². The lowest BCUT2D eigenvalue weighted by atomic mass is 9.49. The van der Waals surface area contributed by atoms with Crippen molar-refractivity contribution in [2.24, 2.45) is 0 Å². The van der Waals surface area contributed by atoms with Gasteiger partial charge >= 0.3 is 21.1 Å². The molecule has 3 heterocycles. The van der Waals surface area contributed by atoms with Crippen molar-refractivity contribution in [3.63, 3.8) is 0 Å². The molecule has 3 fully saturated rings. The minimum absolute atomic E-state index is 0.0489. The van der Waals surface area contributed by atoms with Crippen LogP contribution in [0.3, 0.4) is 0 Å². The molecule has 12 nitrogen and oxygen atoms in total. The number of hydrogen-bond donors (Lipinski definition) is 0. The van der Waals surface area contributed by atoms with E-state index in [4.69, 9.17) is 27.9 Å². The quantitative estimate of drug-likeness (QED) is 0.187. The molecule has 3 saturated heterocycles. The second-order valence-electron chi connectivity index (χ2n) is 14.7. The van der Waals surface area contributed by atoms with Crippen LogP contribution in [-0.4, -0.2) is 64.6 Å². The topological polar surface area (TPSA) is 142 Å². The molecule has 0 bridgehead atoms. The van der Waals surface area contributed by atoms with E-state index in [9.17, 15) is 29.0 Å². The Morgan fingerprint density at radius 1 is 0.562 bits per heavy atom. The Kier molecular flexibility index (Phi) is 11.4. The zero-order chi connectivity index (χ0) is 36.8. The van der Waals surface area contributed by atoms with Crippen molar-refractivity contribution >= 4 is 53.9 Å². The summed E-state index contributed by atoms with van der Waals surface area (Å²) < 4.78 is 61.6. The molecule has 262 valence electrons. The van der Waals surface area contributed by atoms with Gasteiger partial charge in [-0.3, -0.25) is 20.2 Å². The predicted octanol–water partition coefficient (Wildman–Crippen LogP) is 6.78. The molecule has 0 N–H and O–H groups in total. The lowest BCUT2D eigenvalue weighted by molar-refractivity contribution is -0.385. The third kappa shape index (κ3) is 8.45. The summed E-state index contributed by atoms with van der Waals surface area (Å²) in [4.78, 5) is 19.7. The molecule has 0 radical (unpaired) electrons. The monoisotopic (exact) mass is 740 g/mol. The molecule has 0 saturated carbocycles. The fraction of sp³-hybridized carbons (Fsp3) is 0.600. The van der Waals surface area contributed by atoms with Crippen LogP contribution >= 0.6 is 15.9 Å². The summed E-state index contributed by atoms with van der Waals surface area (Å²) in [7, 11) is -1.89. The smallest absolute Gasteiger partial charge is 0.405 e. The van der Waals surface area contributed by atoms with Crippen LogP contribution in [0.1, 0.15) is 83.1 Å². The molecule has 0 spiro atoms. The second kappa shape index (κ2) is 13.7. The molecule has 0 unspecified atom stereocenters. The van der Waals surface area contributed by atoms with Gasteiger partial charge in [0.05, 0.1) is 47.9 Å². The van der Waals surface area contributed by atoms with Gasteiger partial charge in [-0.15, -0.1) is 0 Å². The number of nitro groups is 2. The molecule has 5 rings (SSSR count). The number of hydrogen-bond acceptors (Lipinski definition) is 10. The van der Waals surface area contributed by atoms with Crippen LogP contribution in [0.15, 0.2) is 40.9 Å². The van der Waals surface area contributed by atoms with Gasteiger partial charge in [0.1, 0.15) is 11.6 Å². The van der Waals surface area contributed by atoms with Crippen LogP contribution in [0.2, 0.25) is 0 Å². The van der Waals surface area contributed by atoms with Gasteiger partial charge in [-0.1, -0.05) is 0 Å². The number of halogens is 3. The Hall–Kier alpha value is -2.47. The molecule has 2 aromatic carbocycles. The summed E-state index contributed by atoms with van der Waals surface area (Å²) in [6.45, 7) is 23.6. The highest BCUT2D eigenvalue weighted by atomic mass is 79.9. The summed E-state index contributed by atoms with van der Waals surface area (Å²) in [5.41, 5.74) is -2.94. The molecule has 2 aromatic rings. The minimum Gasteiger partial charge on any atom is -0.405 e. The summed E-state index contributed by atoms with van der Waals surface area (Å²) >= 11 is 2.83. The Labute approximate surface area is 289 Å². The van der Waals surface area contributed by atoms with Crippen LogP contribution in [0.4, 0.5) is 20.2 Å². The van der Waals surface area contributed by atoms with E-state index in [1.165, 1.54) is 0 Å². The zero-order valence-corrected chi connectivity index (χ0v) is 30.9. The predicted molar refractivity (Wildman–Crippen MR) is 182 cm³/mol. The molecule has 0 amide bonds. The first-order chi connectivity index (χ1) is 21.6. The molecule has 0 atom stereocenters. The van der Waals surface area contributed by atoms with Gasteiger partial charge in [-0.25, -0.2) is 8.78 Å². The third-order valence-electron chi connectivity index (χ3n) is 9.58. The zero-order valence-electron chi connectivity index (χ0n) is 29.3. The third-order valence-corrected chi connectivity index (χ3v) is 10.2. The van der Waals surface area contributed by atoms with Crippen molar-refractivity contribution in [2.45, 2.75) is 117 Å². The average molecular weight is 741 g/mol. The maximum atomic E-state index is 13.8. The number of rotatable bonds is 4. The van der Waals surface area contributed by atoms with Crippen LogP contribution in [-0.2, 0) is 27.9 Å². The molecule has 3 aliphatic rings. The van der Waals surface area contributed by atoms with Crippen molar-refractivity contribution in [1.82, 2.24) is 0 Å². The first-order valence-electron chi connectivity index (χ1n) is 15.2. The van der Waals surface area contributed by atoms with E-state index in [2.05, 4.69) is 15.9 Å². The van der Waals surface area contributed by atoms with Gasteiger partial charge in [0.25, 0.3) is 11.4 Å². The van der Waals surface area contributed by atoms with Crippen LogP contribution in [0.5, 0.6) is 0 Å². The van der Waals surface area contributed by atoms with Crippen molar-refractivity contribution < 1.29 is 46.6 Å². The van der Waals surface area contributed by atoms with Crippen molar-refractivity contribution in [2.75, 3.05) is 0 Å². The SMILES string of the molecule is CC1(C)OB(B2OC(C)(C)C(C)(C)O2)OC1(C)C.CC1(C)OB(c2cc([N+](=O)[O-])ccc2F)OC1(C)C.O=[N+]([O-])c1ccc(F)c(Br)c1. The number of nitro benzene ring substituents is 2. The number of non-ortho nitro benzene ring substituents is 2. The highest BCUT2D eigenvalue weighted by molar-refractivity contribution is 9.10. The van der Waals surface area contributed by atoms with Gasteiger partial charge in [0.15, 0.2) is 0 Å². The molecular weight excluding hydrogens is 699 g/mol. The first-order valence-corrected chi connectivity index (χ1v) is 16.0. The summed E-state index contributed by atoms with van der Waals surface area (Å²) in [6, 6.07) is 6.59. The van der Waals surface area contributed by atoms with Gasteiger partial charge in [0.2, 0.25) is 0 Å². The van der Waals surface area contributed by atoms with E-state index in [0.29, 0.717) is 0 Å². The second-order valence-corrected chi connectivity index (χ2v) is 15.5. The van der Waals surface area contributed by atoms with E-state index < -0.39 is 53.8 Å². The van der Waals surface area contributed by atoms with Crippen LogP contribution in [0.25, 0.3) is 0 Å². The van der Waals surface area contributed by atoms with Crippen LogP contribution in [0, 0.1) is 31.9 Å². The maximum absolute atomic E-state index is 13.8. The molecule has 0 aliphatic carbocycles. The Morgan fingerprint density at radius 2 is 0.875 bits per heavy atom. The highest BCUT2D eigenvalue weighted by Crippen LogP contribution is 2.43. The summed E-state index contributed by atoms with van der Waals surface area (Å²) in [5, 5.41) is 20.9.